The maximum Gasteiger partial charge on any atom is 0.251 e. The number of amides is 1. The zero-order valence-corrected chi connectivity index (χ0v) is 23.4. The molecule has 0 spiro atoms. The van der Waals surface area contributed by atoms with E-state index in [2.05, 4.69) is 28.4 Å². The Hall–Kier alpha value is -5.30. The zero-order chi connectivity index (χ0) is 29.2. The lowest BCUT2D eigenvalue weighted by Gasteiger charge is -2.10. The molecule has 0 aliphatic heterocycles. The number of carbonyl (C=O) groups is 1. The predicted molar refractivity (Wildman–Crippen MR) is 169 cm³/mol. The van der Waals surface area contributed by atoms with Crippen LogP contribution in [-0.4, -0.2) is 32.0 Å². The van der Waals surface area contributed by atoms with Crippen LogP contribution >= 0.6 is 0 Å². The van der Waals surface area contributed by atoms with E-state index in [1.54, 1.807) is 18.5 Å². The number of carbonyl (C=O) groups excluding carboxylic acids is 1. The number of fused-ring (bicyclic) bond motifs is 1. The van der Waals surface area contributed by atoms with Crippen LogP contribution in [0.5, 0.6) is 0 Å². The van der Waals surface area contributed by atoms with Crippen molar-refractivity contribution in [3.63, 3.8) is 0 Å². The van der Waals surface area contributed by atoms with Gasteiger partial charge in [0, 0.05) is 30.2 Å². The van der Waals surface area contributed by atoms with Crippen LogP contribution in [0.3, 0.4) is 0 Å². The molecule has 4 aromatic rings. The number of nitrogens with zero attached hydrogens (tertiary/aromatic N) is 4. The van der Waals surface area contributed by atoms with E-state index in [0.29, 0.717) is 41.4 Å². The van der Waals surface area contributed by atoms with Crippen LogP contribution in [0.25, 0.3) is 28.2 Å². The molecule has 0 bridgehead atoms. The molecule has 0 aliphatic rings. The van der Waals surface area contributed by atoms with Gasteiger partial charge in [-0.3, -0.25) is 9.36 Å². The van der Waals surface area contributed by atoms with Crippen LogP contribution in [0, 0.1) is 6.92 Å². The number of anilines is 1. The Labute approximate surface area is 240 Å². The molecule has 3 aromatic heterocycles. The number of nitrogens with two attached hydrogens (primary N) is 1. The summed E-state index contributed by atoms with van der Waals surface area (Å²) in [6.45, 7) is 12.4. The largest absolute Gasteiger partial charge is 0.383 e. The Bertz CT molecular complexity index is 1700. The summed E-state index contributed by atoms with van der Waals surface area (Å²) in [5.41, 5.74) is 12.6. The van der Waals surface area contributed by atoms with Crippen molar-refractivity contribution in [1.29, 1.82) is 0 Å². The molecule has 0 fully saturated rings. The monoisotopic (exact) mass is 542 g/mol. The molecular weight excluding hydrogens is 508 g/mol. The molecule has 0 radical (unpaired) electrons. The van der Waals surface area contributed by atoms with E-state index in [9.17, 15) is 4.79 Å². The molecule has 0 unspecified atom stereocenters. The van der Waals surface area contributed by atoms with E-state index in [-0.39, 0.29) is 5.91 Å². The fourth-order valence-electron chi connectivity index (χ4n) is 4.32. The van der Waals surface area contributed by atoms with Crippen molar-refractivity contribution in [2.24, 2.45) is 0 Å². The van der Waals surface area contributed by atoms with Crippen LogP contribution < -0.4 is 11.1 Å². The van der Waals surface area contributed by atoms with Crippen molar-refractivity contribution in [1.82, 2.24) is 24.8 Å². The zero-order valence-electron chi connectivity index (χ0n) is 23.4. The van der Waals surface area contributed by atoms with Gasteiger partial charge in [-0.1, -0.05) is 73.4 Å². The van der Waals surface area contributed by atoms with Crippen LogP contribution in [0.4, 0.5) is 5.82 Å². The molecule has 206 valence electrons. The summed E-state index contributed by atoms with van der Waals surface area (Å²) in [5, 5.41) is 2.98. The van der Waals surface area contributed by atoms with Crippen LogP contribution in [0.1, 0.15) is 28.4 Å². The third-order valence-corrected chi connectivity index (χ3v) is 6.28. The van der Waals surface area contributed by atoms with Gasteiger partial charge in [-0.2, -0.15) is 0 Å². The lowest BCUT2D eigenvalue weighted by molar-refractivity contribution is 0.0957. The highest BCUT2D eigenvalue weighted by Crippen LogP contribution is 2.30. The van der Waals surface area contributed by atoms with E-state index >= 15 is 0 Å². The van der Waals surface area contributed by atoms with Gasteiger partial charge in [-0.05, 0) is 67.8 Å². The fraction of sp³-hybridized carbons (Fsp3) is 0.118. The Morgan fingerprint density at radius 3 is 2.73 bits per heavy atom. The van der Waals surface area contributed by atoms with Gasteiger partial charge in [0.05, 0.1) is 5.56 Å². The van der Waals surface area contributed by atoms with Crippen LogP contribution in [0.15, 0.2) is 122 Å². The van der Waals surface area contributed by atoms with E-state index in [4.69, 9.17) is 10.7 Å². The van der Waals surface area contributed by atoms with Gasteiger partial charge in [0.2, 0.25) is 0 Å². The second-order valence-electron chi connectivity index (χ2n) is 9.37. The van der Waals surface area contributed by atoms with Crippen molar-refractivity contribution < 1.29 is 4.79 Å². The van der Waals surface area contributed by atoms with E-state index in [1.165, 1.54) is 0 Å². The van der Waals surface area contributed by atoms with Crippen LogP contribution in [-0.2, 0) is 6.42 Å². The van der Waals surface area contributed by atoms with Crippen molar-refractivity contribution in [3.8, 4) is 11.4 Å². The number of pyridine rings is 2. The Morgan fingerprint density at radius 1 is 1.12 bits per heavy atom. The number of hydrogen-bond donors (Lipinski definition) is 2. The van der Waals surface area contributed by atoms with Crippen molar-refractivity contribution in [2.45, 2.75) is 20.3 Å². The molecule has 0 atom stereocenters. The van der Waals surface area contributed by atoms with Crippen molar-refractivity contribution in [3.05, 3.63) is 139 Å². The standard InChI is InChI=1S/C34H34N6O/c1-5-7-8-14-24(3)21-26-15-9-10-17-28(26)34(41)37-19-12-11-16-27(6-2)40-32(29-18-13-20-36-31(29)35)39-30-22-25(4)23-38-33(30)40/h5-18,20,22-23H,2-3,19,21H2,1,4H3,(H2,35,36)(H,37,41). The van der Waals surface area contributed by atoms with Gasteiger partial charge in [0.1, 0.15) is 11.3 Å². The average molecular weight is 543 g/mol. The molecule has 3 N–H and O–H groups in total. The molecular formula is C34H34N6O. The predicted octanol–water partition coefficient (Wildman–Crippen LogP) is 6.63. The second-order valence-corrected chi connectivity index (χ2v) is 9.37. The summed E-state index contributed by atoms with van der Waals surface area (Å²) in [7, 11) is 0. The first kappa shape index (κ1) is 28.7. The SMILES string of the molecule is C=CC(=CC=CCNC(=O)c1ccccc1CC(=C)C=CC=CC)n1c(-c2cccnc2N)nc2cc(C)cnc21. The minimum Gasteiger partial charge on any atom is -0.383 e. The Balaban J connectivity index is 1.53. The van der Waals surface area contributed by atoms with Gasteiger partial charge in [0.25, 0.3) is 5.91 Å². The number of nitrogen functional groups attached to an aromatic ring is 1. The van der Waals surface area contributed by atoms with E-state index < -0.39 is 0 Å². The quantitative estimate of drug-likeness (QED) is 0.207. The van der Waals surface area contributed by atoms with Crippen molar-refractivity contribution >= 4 is 28.6 Å². The highest BCUT2D eigenvalue weighted by Gasteiger charge is 2.18. The highest BCUT2D eigenvalue weighted by atomic mass is 16.1. The minimum absolute atomic E-state index is 0.141. The first-order chi connectivity index (χ1) is 19.9. The molecule has 1 aromatic carbocycles. The number of aromatic nitrogens is 4. The normalized spacial score (nSPS) is 12.1. The number of imidazole rings is 1. The van der Waals surface area contributed by atoms with E-state index in [0.717, 1.165) is 27.9 Å². The summed E-state index contributed by atoms with van der Waals surface area (Å²) in [6.07, 6.45) is 19.2. The van der Waals surface area contributed by atoms with E-state index in [1.807, 2.05) is 103 Å². The van der Waals surface area contributed by atoms with Crippen LogP contribution in [0.2, 0.25) is 0 Å². The third kappa shape index (κ3) is 7.02. The van der Waals surface area contributed by atoms with Crippen molar-refractivity contribution in [2.75, 3.05) is 12.3 Å². The maximum atomic E-state index is 13.0. The number of allylic oxidation sites excluding steroid dienone is 9. The number of rotatable bonds is 11. The number of nitrogens with one attached hydrogen (secondary N) is 1. The lowest BCUT2D eigenvalue weighted by atomic mass is 9.99. The smallest absolute Gasteiger partial charge is 0.251 e. The average Bonchev–Trinajstić information content (AvgIpc) is 3.33. The molecule has 41 heavy (non-hydrogen) atoms. The molecule has 3 heterocycles. The Kier molecular flexibility index (Phi) is 9.57. The molecule has 7 heteroatoms. The molecule has 1 amide bonds. The molecule has 0 aliphatic carbocycles. The maximum absolute atomic E-state index is 13.0. The highest BCUT2D eigenvalue weighted by molar-refractivity contribution is 5.96. The summed E-state index contributed by atoms with van der Waals surface area (Å²) in [4.78, 5) is 26.7. The lowest BCUT2D eigenvalue weighted by Crippen LogP contribution is -2.24. The Morgan fingerprint density at radius 2 is 1.95 bits per heavy atom. The molecule has 7 nitrogen and oxygen atoms in total. The van der Waals surface area contributed by atoms with Gasteiger partial charge in [-0.25, -0.2) is 15.0 Å². The summed E-state index contributed by atoms with van der Waals surface area (Å²) < 4.78 is 1.91. The summed E-state index contributed by atoms with van der Waals surface area (Å²) in [6, 6.07) is 13.3. The van der Waals surface area contributed by atoms with Gasteiger partial charge in [-0.15, -0.1) is 0 Å². The van der Waals surface area contributed by atoms with Gasteiger partial charge >= 0.3 is 0 Å². The number of aryl methyl sites for hydroxylation is 1. The van der Waals surface area contributed by atoms with Gasteiger partial charge < -0.3 is 11.1 Å². The third-order valence-electron chi connectivity index (χ3n) is 6.28. The summed E-state index contributed by atoms with van der Waals surface area (Å²) in [5.74, 6) is 0.855. The summed E-state index contributed by atoms with van der Waals surface area (Å²) >= 11 is 0. The fourth-order valence-corrected chi connectivity index (χ4v) is 4.32. The van der Waals surface area contributed by atoms with Gasteiger partial charge in [0.15, 0.2) is 11.5 Å². The number of benzene rings is 1. The first-order valence-corrected chi connectivity index (χ1v) is 13.3. The number of hydrogen-bond acceptors (Lipinski definition) is 5. The minimum atomic E-state index is -0.141. The second kappa shape index (κ2) is 13.7. The molecule has 0 saturated carbocycles. The topological polar surface area (TPSA) is 98.7 Å². The molecule has 0 saturated heterocycles. The molecule has 4 rings (SSSR count). The first-order valence-electron chi connectivity index (χ1n) is 13.3.